The third-order valence-electron chi connectivity index (χ3n) is 3.31. The van der Waals surface area contributed by atoms with Crippen LogP contribution in [0.2, 0.25) is 0 Å². The number of hydrogen-bond donors (Lipinski definition) is 2. The van der Waals surface area contributed by atoms with Gasteiger partial charge in [-0.3, -0.25) is 0 Å². The second kappa shape index (κ2) is 7.36. The fourth-order valence-corrected chi connectivity index (χ4v) is 2.64. The highest BCUT2D eigenvalue weighted by Gasteiger charge is 2.10. The Morgan fingerprint density at radius 3 is 2.67 bits per heavy atom. The zero-order valence-electron chi connectivity index (χ0n) is 12.3. The molecule has 112 valence electrons. The number of aromatic nitrogens is 3. The van der Waals surface area contributed by atoms with E-state index in [1.807, 2.05) is 13.0 Å². The Morgan fingerprint density at radius 1 is 1.24 bits per heavy atom. The lowest BCUT2D eigenvalue weighted by Crippen LogP contribution is -2.21. The van der Waals surface area contributed by atoms with Crippen molar-refractivity contribution in [3.8, 4) is 0 Å². The summed E-state index contributed by atoms with van der Waals surface area (Å²) in [6, 6.07) is 8.60. The number of nitrogen functional groups attached to an aromatic ring is 1. The summed E-state index contributed by atoms with van der Waals surface area (Å²) in [4.78, 5) is 12.4. The lowest BCUT2D eigenvalue weighted by molar-refractivity contribution is 0.626. The summed E-state index contributed by atoms with van der Waals surface area (Å²) in [6.45, 7) is 3.96. The molecule has 0 saturated carbocycles. The molecule has 0 aliphatic carbocycles. The van der Waals surface area contributed by atoms with Crippen LogP contribution in [0.25, 0.3) is 0 Å². The quantitative estimate of drug-likeness (QED) is 0.836. The number of rotatable bonds is 6. The van der Waals surface area contributed by atoms with Crippen LogP contribution in [0, 0.1) is 6.92 Å². The lowest BCUT2D eigenvalue weighted by Gasteiger charge is -2.17. The van der Waals surface area contributed by atoms with Gasteiger partial charge in [0.1, 0.15) is 5.82 Å². The molecule has 5 nitrogen and oxygen atoms in total. The summed E-state index contributed by atoms with van der Waals surface area (Å²) in [5.41, 5.74) is 6.96. The molecule has 0 bridgehead atoms. The van der Waals surface area contributed by atoms with Gasteiger partial charge in [-0.05, 0) is 37.8 Å². The maximum atomic E-state index is 5.65. The average molecular weight is 350 g/mol. The van der Waals surface area contributed by atoms with Crippen LogP contribution in [0.15, 0.2) is 28.7 Å². The van der Waals surface area contributed by atoms with Crippen LogP contribution in [0.1, 0.15) is 31.2 Å². The second-order valence-electron chi connectivity index (χ2n) is 4.94. The molecule has 0 aliphatic heterocycles. The maximum absolute atomic E-state index is 5.65. The standard InChI is InChI=1S/C15H20BrN5/c1-3-12(9-8-11-6-4-5-7-13(11)16)20-15-19-10(2)18-14(17)21-15/h4-7,12H,3,8-9H2,1-2H3,(H3,17,18,19,20,21). The van der Waals surface area contributed by atoms with E-state index in [0.29, 0.717) is 17.8 Å². The summed E-state index contributed by atoms with van der Waals surface area (Å²) < 4.78 is 1.15. The van der Waals surface area contributed by atoms with Crippen LogP contribution in [0.3, 0.4) is 0 Å². The molecule has 1 atom stereocenters. The van der Waals surface area contributed by atoms with Crippen molar-refractivity contribution in [3.05, 3.63) is 40.1 Å². The molecule has 1 aromatic carbocycles. The van der Waals surface area contributed by atoms with Gasteiger partial charge in [0.05, 0.1) is 0 Å². The van der Waals surface area contributed by atoms with Gasteiger partial charge in [0.25, 0.3) is 0 Å². The second-order valence-corrected chi connectivity index (χ2v) is 5.80. The van der Waals surface area contributed by atoms with E-state index in [0.717, 1.165) is 23.7 Å². The molecular formula is C15H20BrN5. The Balaban J connectivity index is 1.98. The van der Waals surface area contributed by atoms with Crippen LogP contribution >= 0.6 is 15.9 Å². The Labute approximate surface area is 133 Å². The fourth-order valence-electron chi connectivity index (χ4n) is 2.16. The van der Waals surface area contributed by atoms with Crippen molar-refractivity contribution in [1.29, 1.82) is 0 Å². The Kier molecular flexibility index (Phi) is 5.50. The van der Waals surface area contributed by atoms with Crippen molar-refractivity contribution in [1.82, 2.24) is 15.0 Å². The van der Waals surface area contributed by atoms with E-state index in [1.54, 1.807) is 0 Å². The van der Waals surface area contributed by atoms with Gasteiger partial charge in [0, 0.05) is 10.5 Å². The number of nitrogens with one attached hydrogen (secondary N) is 1. The highest BCUT2D eigenvalue weighted by atomic mass is 79.9. The normalized spacial score (nSPS) is 12.1. The van der Waals surface area contributed by atoms with Gasteiger partial charge in [0.15, 0.2) is 0 Å². The van der Waals surface area contributed by atoms with Crippen molar-refractivity contribution < 1.29 is 0 Å². The molecule has 2 rings (SSSR count). The molecule has 21 heavy (non-hydrogen) atoms. The van der Waals surface area contributed by atoms with Crippen molar-refractivity contribution in [2.45, 2.75) is 39.2 Å². The van der Waals surface area contributed by atoms with Crippen LogP contribution in [0.4, 0.5) is 11.9 Å². The van der Waals surface area contributed by atoms with E-state index in [9.17, 15) is 0 Å². The molecule has 3 N–H and O–H groups in total. The van der Waals surface area contributed by atoms with Gasteiger partial charge in [-0.1, -0.05) is 41.1 Å². The monoisotopic (exact) mass is 349 g/mol. The first kappa shape index (κ1) is 15.7. The number of hydrogen-bond acceptors (Lipinski definition) is 5. The number of benzene rings is 1. The molecule has 0 radical (unpaired) electrons. The molecule has 0 fully saturated rings. The molecule has 0 saturated heterocycles. The van der Waals surface area contributed by atoms with E-state index in [2.05, 4.69) is 61.3 Å². The van der Waals surface area contributed by atoms with Gasteiger partial charge in [0.2, 0.25) is 11.9 Å². The minimum Gasteiger partial charge on any atom is -0.368 e. The van der Waals surface area contributed by atoms with Gasteiger partial charge >= 0.3 is 0 Å². The molecular weight excluding hydrogens is 330 g/mol. The van der Waals surface area contributed by atoms with E-state index >= 15 is 0 Å². The van der Waals surface area contributed by atoms with Crippen molar-refractivity contribution >= 4 is 27.8 Å². The fraction of sp³-hybridized carbons (Fsp3) is 0.400. The zero-order valence-corrected chi connectivity index (χ0v) is 13.9. The summed E-state index contributed by atoms with van der Waals surface area (Å²) in [5, 5.41) is 3.34. The topological polar surface area (TPSA) is 76.7 Å². The third-order valence-corrected chi connectivity index (χ3v) is 4.08. The number of halogens is 1. The summed E-state index contributed by atoms with van der Waals surface area (Å²) in [6.07, 6.45) is 2.99. The van der Waals surface area contributed by atoms with E-state index < -0.39 is 0 Å². The first-order valence-corrected chi connectivity index (χ1v) is 7.86. The largest absolute Gasteiger partial charge is 0.368 e. The zero-order chi connectivity index (χ0) is 15.2. The molecule has 1 unspecified atom stereocenters. The lowest BCUT2D eigenvalue weighted by atomic mass is 10.0. The maximum Gasteiger partial charge on any atom is 0.227 e. The molecule has 1 heterocycles. The van der Waals surface area contributed by atoms with Gasteiger partial charge in [-0.15, -0.1) is 0 Å². The van der Waals surface area contributed by atoms with Gasteiger partial charge in [-0.2, -0.15) is 15.0 Å². The molecule has 1 aromatic heterocycles. The predicted octanol–water partition coefficient (Wildman–Crippen LogP) is 3.35. The van der Waals surface area contributed by atoms with Gasteiger partial charge in [-0.25, -0.2) is 0 Å². The molecule has 6 heteroatoms. The van der Waals surface area contributed by atoms with Crippen LogP contribution in [-0.4, -0.2) is 21.0 Å². The number of nitrogens with two attached hydrogens (primary N) is 1. The highest BCUT2D eigenvalue weighted by molar-refractivity contribution is 9.10. The Morgan fingerprint density at radius 2 is 2.00 bits per heavy atom. The Bertz CT molecular complexity index is 582. The van der Waals surface area contributed by atoms with E-state index in [4.69, 9.17) is 5.73 Å². The van der Waals surface area contributed by atoms with Crippen molar-refractivity contribution in [3.63, 3.8) is 0 Å². The Hall–Kier alpha value is -1.69. The number of anilines is 2. The van der Waals surface area contributed by atoms with E-state index in [-0.39, 0.29) is 5.95 Å². The number of aryl methyl sites for hydroxylation is 2. The summed E-state index contributed by atoms with van der Waals surface area (Å²) >= 11 is 3.58. The molecule has 0 aliphatic rings. The van der Waals surface area contributed by atoms with Crippen molar-refractivity contribution in [2.75, 3.05) is 11.1 Å². The summed E-state index contributed by atoms with van der Waals surface area (Å²) in [7, 11) is 0. The minimum absolute atomic E-state index is 0.255. The van der Waals surface area contributed by atoms with Crippen LogP contribution in [0.5, 0.6) is 0 Å². The highest BCUT2D eigenvalue weighted by Crippen LogP contribution is 2.19. The predicted molar refractivity (Wildman–Crippen MR) is 89.1 cm³/mol. The molecule has 0 spiro atoms. The van der Waals surface area contributed by atoms with Crippen LogP contribution < -0.4 is 11.1 Å². The van der Waals surface area contributed by atoms with Crippen LogP contribution in [-0.2, 0) is 6.42 Å². The summed E-state index contributed by atoms with van der Waals surface area (Å²) in [5.74, 6) is 1.44. The molecule has 2 aromatic rings. The average Bonchev–Trinajstić information content (AvgIpc) is 2.44. The molecule has 0 amide bonds. The SMILES string of the molecule is CCC(CCc1ccccc1Br)Nc1nc(C)nc(N)n1. The minimum atomic E-state index is 0.255. The van der Waals surface area contributed by atoms with Gasteiger partial charge < -0.3 is 11.1 Å². The first-order valence-electron chi connectivity index (χ1n) is 7.06. The first-order chi connectivity index (χ1) is 10.1. The number of nitrogens with zero attached hydrogens (tertiary/aromatic N) is 3. The van der Waals surface area contributed by atoms with E-state index in [1.165, 1.54) is 5.56 Å². The van der Waals surface area contributed by atoms with Crippen molar-refractivity contribution in [2.24, 2.45) is 0 Å². The third kappa shape index (κ3) is 4.67. The smallest absolute Gasteiger partial charge is 0.227 e.